The van der Waals surface area contributed by atoms with Gasteiger partial charge in [-0.2, -0.15) is 0 Å². The van der Waals surface area contributed by atoms with Gasteiger partial charge in [0.05, 0.1) is 5.92 Å². The number of hydrogen-bond donors (Lipinski definition) is 1. The number of carbonyl (C=O) groups excluding carboxylic acids is 2. The maximum Gasteiger partial charge on any atom is 0.228 e. The van der Waals surface area contributed by atoms with Gasteiger partial charge in [-0.25, -0.2) is 0 Å². The Bertz CT molecular complexity index is 640. The molecule has 2 saturated heterocycles. The lowest BCUT2D eigenvalue weighted by atomic mass is 10.0. The van der Waals surface area contributed by atoms with Crippen molar-refractivity contribution < 1.29 is 9.59 Å². The van der Waals surface area contributed by atoms with Crippen molar-refractivity contribution in [1.82, 2.24) is 4.90 Å². The van der Waals surface area contributed by atoms with E-state index in [1.807, 2.05) is 30.0 Å². The molecule has 132 valence electrons. The molecule has 2 amide bonds. The standard InChI is InChI=1S/C17H22BrN3O2.ClH/c1-11-7-14(4-5-15(11)18)21-9-12(8-16(21)22)17(23)20-6-2-3-13(19)10-20;/h4-5,7,12-13H,2-3,6,8-10,19H2,1H3;1H. The van der Waals surface area contributed by atoms with Crippen molar-refractivity contribution in [3.05, 3.63) is 28.2 Å². The maximum atomic E-state index is 12.7. The number of likely N-dealkylation sites (tertiary alicyclic amines) is 1. The minimum atomic E-state index is -0.253. The molecule has 2 aliphatic heterocycles. The number of nitrogens with zero attached hydrogens (tertiary/aromatic N) is 2. The number of halogens is 2. The van der Waals surface area contributed by atoms with Crippen molar-refractivity contribution in [2.45, 2.75) is 32.2 Å². The van der Waals surface area contributed by atoms with Crippen LogP contribution in [0.15, 0.2) is 22.7 Å². The van der Waals surface area contributed by atoms with E-state index in [9.17, 15) is 9.59 Å². The fraction of sp³-hybridized carbons (Fsp3) is 0.529. The Morgan fingerprint density at radius 1 is 1.33 bits per heavy atom. The van der Waals surface area contributed by atoms with E-state index in [-0.39, 0.29) is 36.2 Å². The molecule has 1 aromatic rings. The molecule has 2 unspecified atom stereocenters. The monoisotopic (exact) mass is 415 g/mol. The molecule has 7 heteroatoms. The van der Waals surface area contributed by atoms with Crippen LogP contribution in [0.25, 0.3) is 0 Å². The number of aryl methyl sites for hydroxylation is 1. The van der Waals surface area contributed by atoms with Crippen LogP contribution in [-0.4, -0.2) is 42.4 Å². The van der Waals surface area contributed by atoms with E-state index in [1.54, 1.807) is 4.90 Å². The van der Waals surface area contributed by atoms with Crippen molar-refractivity contribution in [2.24, 2.45) is 11.7 Å². The fourth-order valence-corrected chi connectivity index (χ4v) is 3.63. The van der Waals surface area contributed by atoms with E-state index in [0.29, 0.717) is 19.5 Å². The van der Waals surface area contributed by atoms with Gasteiger partial charge in [0.15, 0.2) is 0 Å². The van der Waals surface area contributed by atoms with Gasteiger partial charge in [-0.15, -0.1) is 12.4 Å². The van der Waals surface area contributed by atoms with E-state index in [2.05, 4.69) is 15.9 Å². The van der Waals surface area contributed by atoms with E-state index in [4.69, 9.17) is 5.73 Å². The van der Waals surface area contributed by atoms with Crippen LogP contribution in [-0.2, 0) is 9.59 Å². The third-order valence-electron chi connectivity index (χ3n) is 4.70. The van der Waals surface area contributed by atoms with Gasteiger partial charge in [0.2, 0.25) is 11.8 Å². The SMILES string of the molecule is Cc1cc(N2CC(C(=O)N3CCCC(N)C3)CC2=O)ccc1Br.Cl. The number of rotatable bonds is 2. The largest absolute Gasteiger partial charge is 0.341 e. The molecular formula is C17H23BrClN3O2. The van der Waals surface area contributed by atoms with Crippen molar-refractivity contribution in [3.63, 3.8) is 0 Å². The first-order valence-electron chi connectivity index (χ1n) is 8.06. The summed E-state index contributed by atoms with van der Waals surface area (Å²) in [5.74, 6) is -0.159. The van der Waals surface area contributed by atoms with Gasteiger partial charge < -0.3 is 15.5 Å². The first-order chi connectivity index (χ1) is 11.0. The smallest absolute Gasteiger partial charge is 0.228 e. The lowest BCUT2D eigenvalue weighted by Gasteiger charge is -2.32. The van der Waals surface area contributed by atoms with Crippen molar-refractivity contribution in [3.8, 4) is 0 Å². The summed E-state index contributed by atoms with van der Waals surface area (Å²) >= 11 is 3.47. The molecule has 2 heterocycles. The Morgan fingerprint density at radius 3 is 2.75 bits per heavy atom. The minimum Gasteiger partial charge on any atom is -0.341 e. The highest BCUT2D eigenvalue weighted by atomic mass is 79.9. The van der Waals surface area contributed by atoms with Crippen LogP contribution in [0, 0.1) is 12.8 Å². The summed E-state index contributed by atoms with van der Waals surface area (Å²) in [6, 6.07) is 5.90. The van der Waals surface area contributed by atoms with Crippen LogP contribution in [0.4, 0.5) is 5.69 Å². The fourth-order valence-electron chi connectivity index (χ4n) is 3.39. The third-order valence-corrected chi connectivity index (χ3v) is 5.59. The Balaban J connectivity index is 0.00000208. The zero-order valence-electron chi connectivity index (χ0n) is 13.7. The average molecular weight is 417 g/mol. The lowest BCUT2D eigenvalue weighted by molar-refractivity contribution is -0.136. The van der Waals surface area contributed by atoms with Crippen molar-refractivity contribution in [1.29, 1.82) is 0 Å². The molecule has 2 atom stereocenters. The van der Waals surface area contributed by atoms with Gasteiger partial charge >= 0.3 is 0 Å². The molecule has 2 fully saturated rings. The highest BCUT2D eigenvalue weighted by molar-refractivity contribution is 9.10. The van der Waals surface area contributed by atoms with E-state index in [0.717, 1.165) is 35.1 Å². The van der Waals surface area contributed by atoms with Gasteiger partial charge in [0.1, 0.15) is 0 Å². The molecule has 3 rings (SSSR count). The maximum absolute atomic E-state index is 12.7. The average Bonchev–Trinajstić information content (AvgIpc) is 2.91. The second kappa shape index (κ2) is 7.85. The first kappa shape index (κ1) is 19.2. The van der Waals surface area contributed by atoms with Gasteiger partial charge in [0, 0.05) is 42.3 Å². The Kier molecular flexibility index (Phi) is 6.28. The minimum absolute atomic E-state index is 0. The van der Waals surface area contributed by atoms with Gasteiger partial charge in [-0.05, 0) is 43.5 Å². The summed E-state index contributed by atoms with van der Waals surface area (Å²) in [7, 11) is 0. The highest BCUT2D eigenvalue weighted by Crippen LogP contribution is 2.29. The summed E-state index contributed by atoms with van der Waals surface area (Å²) in [5.41, 5.74) is 7.90. The normalized spacial score (nSPS) is 24.0. The van der Waals surface area contributed by atoms with Crippen LogP contribution in [0.5, 0.6) is 0 Å². The molecule has 0 saturated carbocycles. The summed E-state index contributed by atoms with van der Waals surface area (Å²) in [5, 5.41) is 0. The molecule has 1 aromatic carbocycles. The van der Waals surface area contributed by atoms with Crippen molar-refractivity contribution >= 4 is 45.8 Å². The molecule has 0 radical (unpaired) electrons. The molecule has 24 heavy (non-hydrogen) atoms. The molecule has 2 aliphatic rings. The molecule has 2 N–H and O–H groups in total. The topological polar surface area (TPSA) is 66.6 Å². The molecular weight excluding hydrogens is 394 g/mol. The highest BCUT2D eigenvalue weighted by Gasteiger charge is 2.38. The van der Waals surface area contributed by atoms with Crippen LogP contribution in [0.3, 0.4) is 0 Å². The quantitative estimate of drug-likeness (QED) is 0.805. The molecule has 0 bridgehead atoms. The molecule has 0 spiro atoms. The number of benzene rings is 1. The predicted octanol–water partition coefficient (Wildman–Crippen LogP) is 2.48. The Labute approximate surface area is 157 Å². The zero-order valence-corrected chi connectivity index (χ0v) is 16.1. The van der Waals surface area contributed by atoms with E-state index < -0.39 is 0 Å². The second-order valence-corrected chi connectivity index (χ2v) is 7.38. The predicted molar refractivity (Wildman–Crippen MR) is 100 cm³/mol. The third kappa shape index (κ3) is 3.92. The van der Waals surface area contributed by atoms with Crippen molar-refractivity contribution in [2.75, 3.05) is 24.5 Å². The van der Waals surface area contributed by atoms with Gasteiger partial charge in [-0.3, -0.25) is 9.59 Å². The summed E-state index contributed by atoms with van der Waals surface area (Å²) in [6.07, 6.45) is 2.21. The van der Waals surface area contributed by atoms with Gasteiger partial charge in [-0.1, -0.05) is 15.9 Å². The number of anilines is 1. The molecule has 0 aromatic heterocycles. The van der Waals surface area contributed by atoms with Crippen LogP contribution in [0.1, 0.15) is 24.8 Å². The van der Waals surface area contributed by atoms with E-state index in [1.165, 1.54) is 0 Å². The second-order valence-electron chi connectivity index (χ2n) is 6.53. The summed E-state index contributed by atoms with van der Waals surface area (Å²) in [6.45, 7) is 3.83. The van der Waals surface area contributed by atoms with E-state index >= 15 is 0 Å². The Hall–Kier alpha value is -1.11. The van der Waals surface area contributed by atoms with Crippen LogP contribution < -0.4 is 10.6 Å². The Morgan fingerprint density at radius 2 is 2.08 bits per heavy atom. The zero-order chi connectivity index (χ0) is 16.6. The number of nitrogens with two attached hydrogens (primary N) is 1. The summed E-state index contributed by atoms with van der Waals surface area (Å²) in [4.78, 5) is 28.6. The molecule has 0 aliphatic carbocycles. The number of amides is 2. The number of hydrogen-bond acceptors (Lipinski definition) is 3. The first-order valence-corrected chi connectivity index (χ1v) is 8.86. The van der Waals surface area contributed by atoms with Crippen LogP contribution >= 0.6 is 28.3 Å². The van der Waals surface area contributed by atoms with Crippen LogP contribution in [0.2, 0.25) is 0 Å². The number of carbonyl (C=O) groups is 2. The lowest BCUT2D eigenvalue weighted by Crippen LogP contribution is -2.48. The summed E-state index contributed by atoms with van der Waals surface area (Å²) < 4.78 is 1.02. The molecule has 5 nitrogen and oxygen atoms in total. The van der Waals surface area contributed by atoms with Gasteiger partial charge in [0.25, 0.3) is 0 Å². The number of piperidine rings is 1.